The molecule has 1 aliphatic heterocycles. The van der Waals surface area contributed by atoms with Crippen LogP contribution in [0.25, 0.3) is 16.6 Å². The summed E-state index contributed by atoms with van der Waals surface area (Å²) in [5.41, 5.74) is 1.93. The van der Waals surface area contributed by atoms with Crippen molar-refractivity contribution in [2.24, 2.45) is 0 Å². The number of aryl methyl sites for hydroxylation is 1. The molecule has 1 aromatic carbocycles. The summed E-state index contributed by atoms with van der Waals surface area (Å²) in [6.45, 7) is 7.26. The van der Waals surface area contributed by atoms with E-state index in [-0.39, 0.29) is 34.5 Å². The second-order valence-corrected chi connectivity index (χ2v) is 8.94. The Labute approximate surface area is 199 Å². The summed E-state index contributed by atoms with van der Waals surface area (Å²) >= 11 is 0. The molecule has 1 amide bonds. The van der Waals surface area contributed by atoms with Crippen molar-refractivity contribution in [2.75, 3.05) is 23.3 Å². The molecular weight excluding hydrogens is 459 g/mol. The van der Waals surface area contributed by atoms with Crippen molar-refractivity contribution in [3.63, 3.8) is 0 Å². The largest absolute Gasteiger partial charge is 0.368 e. The van der Waals surface area contributed by atoms with Gasteiger partial charge in [0.1, 0.15) is 0 Å². The SMILES string of the molecule is Cc1cn2cc(NC(=O)c3ccc(N4C[C@H](C)N[C@@H](C)C4)c4cnc(C(F)F)nc34)cc(F)c2n1. The summed E-state index contributed by atoms with van der Waals surface area (Å²) in [5, 5.41) is 6.60. The summed E-state index contributed by atoms with van der Waals surface area (Å²) in [5.74, 6) is -1.86. The van der Waals surface area contributed by atoms with Gasteiger partial charge in [-0.1, -0.05) is 0 Å². The average Bonchev–Trinajstić information content (AvgIpc) is 3.18. The first-order valence-corrected chi connectivity index (χ1v) is 11.2. The average molecular weight is 483 g/mol. The maximum Gasteiger partial charge on any atom is 0.297 e. The van der Waals surface area contributed by atoms with Crippen molar-refractivity contribution in [1.82, 2.24) is 24.7 Å². The van der Waals surface area contributed by atoms with E-state index in [0.29, 0.717) is 24.2 Å². The maximum atomic E-state index is 14.5. The van der Waals surface area contributed by atoms with Gasteiger partial charge in [0.05, 0.1) is 22.5 Å². The van der Waals surface area contributed by atoms with Gasteiger partial charge in [-0.3, -0.25) is 4.79 Å². The summed E-state index contributed by atoms with van der Waals surface area (Å²) < 4.78 is 42.8. The second-order valence-electron chi connectivity index (χ2n) is 8.94. The van der Waals surface area contributed by atoms with Gasteiger partial charge in [0, 0.05) is 60.9 Å². The van der Waals surface area contributed by atoms with Crippen molar-refractivity contribution in [3.8, 4) is 0 Å². The Kier molecular flexibility index (Phi) is 5.79. The molecule has 3 aromatic heterocycles. The van der Waals surface area contributed by atoms with Gasteiger partial charge in [0.25, 0.3) is 12.3 Å². The molecule has 0 unspecified atom stereocenters. The summed E-state index contributed by atoms with van der Waals surface area (Å²) in [4.78, 5) is 27.3. The Hall–Kier alpha value is -3.73. The number of imidazole rings is 1. The van der Waals surface area contributed by atoms with E-state index in [9.17, 15) is 18.0 Å². The highest BCUT2D eigenvalue weighted by Crippen LogP contribution is 2.31. The van der Waals surface area contributed by atoms with Crippen LogP contribution in [-0.4, -0.2) is 50.4 Å². The predicted molar refractivity (Wildman–Crippen MR) is 127 cm³/mol. The van der Waals surface area contributed by atoms with E-state index in [4.69, 9.17) is 0 Å². The monoisotopic (exact) mass is 483 g/mol. The molecule has 8 nitrogen and oxygen atoms in total. The van der Waals surface area contributed by atoms with Crippen LogP contribution in [0.1, 0.15) is 42.1 Å². The van der Waals surface area contributed by atoms with Gasteiger partial charge in [-0.05, 0) is 32.9 Å². The Morgan fingerprint density at radius 1 is 1.17 bits per heavy atom. The Morgan fingerprint density at radius 2 is 1.91 bits per heavy atom. The lowest BCUT2D eigenvalue weighted by atomic mass is 10.0. The first kappa shape index (κ1) is 23.0. The van der Waals surface area contributed by atoms with Gasteiger partial charge in [-0.2, -0.15) is 0 Å². The number of pyridine rings is 1. The fourth-order valence-corrected chi connectivity index (χ4v) is 4.65. The summed E-state index contributed by atoms with van der Waals surface area (Å²) in [6.07, 6.45) is 1.62. The van der Waals surface area contributed by atoms with Crippen LogP contribution in [0.5, 0.6) is 0 Å². The summed E-state index contributed by atoms with van der Waals surface area (Å²) in [6, 6.07) is 4.93. The van der Waals surface area contributed by atoms with Gasteiger partial charge in [0.2, 0.25) is 0 Å². The van der Waals surface area contributed by atoms with Crippen molar-refractivity contribution in [2.45, 2.75) is 39.3 Å². The van der Waals surface area contributed by atoms with E-state index in [1.54, 1.807) is 25.3 Å². The molecule has 0 aliphatic carbocycles. The number of benzene rings is 1. The fourth-order valence-electron chi connectivity index (χ4n) is 4.65. The Balaban J connectivity index is 1.56. The topological polar surface area (TPSA) is 87.5 Å². The number of amides is 1. The molecule has 4 aromatic rings. The highest BCUT2D eigenvalue weighted by atomic mass is 19.3. The summed E-state index contributed by atoms with van der Waals surface area (Å²) in [7, 11) is 0. The Morgan fingerprint density at radius 3 is 2.63 bits per heavy atom. The van der Waals surface area contributed by atoms with Crippen LogP contribution < -0.4 is 15.5 Å². The van der Waals surface area contributed by atoms with Crippen LogP contribution >= 0.6 is 0 Å². The van der Waals surface area contributed by atoms with E-state index in [1.165, 1.54) is 22.9 Å². The number of hydrogen-bond donors (Lipinski definition) is 2. The molecule has 0 saturated carbocycles. The van der Waals surface area contributed by atoms with Crippen LogP contribution in [0.3, 0.4) is 0 Å². The van der Waals surface area contributed by atoms with Gasteiger partial charge < -0.3 is 19.9 Å². The second kappa shape index (κ2) is 8.81. The number of rotatable bonds is 4. The van der Waals surface area contributed by atoms with Crippen molar-refractivity contribution < 1.29 is 18.0 Å². The minimum absolute atomic E-state index is 0.0894. The van der Waals surface area contributed by atoms with Crippen molar-refractivity contribution in [3.05, 3.63) is 59.7 Å². The van der Waals surface area contributed by atoms with Gasteiger partial charge >= 0.3 is 0 Å². The molecule has 1 fully saturated rings. The van der Waals surface area contributed by atoms with E-state index < -0.39 is 24.0 Å². The number of piperazine rings is 1. The minimum Gasteiger partial charge on any atom is -0.368 e. The molecule has 1 saturated heterocycles. The molecule has 11 heteroatoms. The van der Waals surface area contributed by atoms with E-state index in [1.807, 2.05) is 0 Å². The molecule has 4 heterocycles. The maximum absolute atomic E-state index is 14.5. The number of hydrogen-bond acceptors (Lipinski definition) is 6. The number of fused-ring (bicyclic) bond motifs is 2. The molecule has 2 N–H and O–H groups in total. The first-order valence-electron chi connectivity index (χ1n) is 11.2. The number of nitrogens with zero attached hydrogens (tertiary/aromatic N) is 5. The zero-order valence-corrected chi connectivity index (χ0v) is 19.4. The van der Waals surface area contributed by atoms with E-state index in [0.717, 1.165) is 5.69 Å². The van der Waals surface area contributed by atoms with Crippen LogP contribution in [0.4, 0.5) is 24.5 Å². The molecule has 5 rings (SSSR count). The zero-order chi connectivity index (χ0) is 24.9. The van der Waals surface area contributed by atoms with E-state index >= 15 is 0 Å². The first-order chi connectivity index (χ1) is 16.7. The number of carbonyl (C=O) groups excluding carboxylic acids is 1. The van der Waals surface area contributed by atoms with Gasteiger partial charge in [-0.15, -0.1) is 0 Å². The third-order valence-corrected chi connectivity index (χ3v) is 5.97. The van der Waals surface area contributed by atoms with Crippen LogP contribution in [0.15, 0.2) is 36.8 Å². The number of anilines is 2. The highest BCUT2D eigenvalue weighted by Gasteiger charge is 2.25. The lowest BCUT2D eigenvalue weighted by molar-refractivity contribution is 0.102. The van der Waals surface area contributed by atoms with Gasteiger partial charge in [-0.25, -0.2) is 28.1 Å². The molecule has 35 heavy (non-hydrogen) atoms. The fraction of sp³-hybridized carbons (Fsp3) is 0.333. The van der Waals surface area contributed by atoms with Gasteiger partial charge in [0.15, 0.2) is 17.3 Å². The predicted octanol–water partition coefficient (Wildman–Crippen LogP) is 4.10. The number of alkyl halides is 2. The molecule has 2 atom stereocenters. The highest BCUT2D eigenvalue weighted by molar-refractivity contribution is 6.13. The van der Waals surface area contributed by atoms with Crippen LogP contribution in [0.2, 0.25) is 0 Å². The lowest BCUT2D eigenvalue weighted by Crippen LogP contribution is -2.54. The molecule has 0 radical (unpaired) electrons. The number of nitrogens with one attached hydrogen (secondary N) is 2. The molecule has 182 valence electrons. The zero-order valence-electron chi connectivity index (χ0n) is 19.4. The minimum atomic E-state index is -2.89. The molecule has 1 aliphatic rings. The lowest BCUT2D eigenvalue weighted by Gasteiger charge is -2.38. The quantitative estimate of drug-likeness (QED) is 0.455. The van der Waals surface area contributed by atoms with Crippen molar-refractivity contribution >= 4 is 33.8 Å². The number of aromatic nitrogens is 4. The standard InChI is InChI=1S/C24H24F3N7O/c1-12-8-33(9-13(2)29-12)19-5-4-16(20-17(19)7-28-22(32-20)21(26)27)24(35)31-15-6-18(25)23-30-14(3)10-34(23)11-15/h4-7,10-13,21,29H,8-9H2,1-3H3,(H,31,35)/t12-,13-/m0/s1. The number of carbonyl (C=O) groups is 1. The molecule has 0 spiro atoms. The molecular formula is C24H24F3N7O. The van der Waals surface area contributed by atoms with Crippen molar-refractivity contribution in [1.29, 1.82) is 0 Å². The third kappa shape index (κ3) is 4.39. The van der Waals surface area contributed by atoms with Crippen LogP contribution in [0, 0.1) is 12.7 Å². The van der Waals surface area contributed by atoms with Crippen LogP contribution in [-0.2, 0) is 0 Å². The third-order valence-electron chi connectivity index (χ3n) is 5.97. The number of halogens is 3. The molecule has 0 bridgehead atoms. The smallest absolute Gasteiger partial charge is 0.297 e. The normalized spacial score (nSPS) is 18.5. The van der Waals surface area contributed by atoms with E-state index in [2.05, 4.69) is 44.3 Å². The Bertz CT molecular complexity index is 1430.